The summed E-state index contributed by atoms with van der Waals surface area (Å²) in [6.45, 7) is 2.02. The average Bonchev–Trinajstić information content (AvgIpc) is 2.98. The standard InChI is InChI=1S/C14H14N2O3S/c1-2-11(14-4-3-7-20-14)15-12-6-5-10(9-17)8-13(12)16(18)19/h3-9,11,15H,2H2,1H3. The van der Waals surface area contributed by atoms with Crippen LogP contribution in [0.4, 0.5) is 11.4 Å². The predicted octanol–water partition coefficient (Wildman–Crippen LogP) is 4.03. The van der Waals surface area contributed by atoms with E-state index in [1.165, 1.54) is 6.07 Å². The first kappa shape index (κ1) is 14.2. The first-order valence-electron chi connectivity index (χ1n) is 6.19. The molecule has 0 aliphatic carbocycles. The highest BCUT2D eigenvalue weighted by Crippen LogP contribution is 2.31. The highest BCUT2D eigenvalue weighted by atomic mass is 32.1. The molecule has 1 N–H and O–H groups in total. The molecule has 0 saturated heterocycles. The molecule has 0 radical (unpaired) electrons. The summed E-state index contributed by atoms with van der Waals surface area (Å²) in [5.41, 5.74) is 0.650. The van der Waals surface area contributed by atoms with Gasteiger partial charge in [0.2, 0.25) is 0 Å². The van der Waals surface area contributed by atoms with E-state index < -0.39 is 4.92 Å². The van der Waals surface area contributed by atoms with E-state index in [4.69, 9.17) is 0 Å². The van der Waals surface area contributed by atoms with Crippen LogP contribution < -0.4 is 5.32 Å². The molecule has 2 rings (SSSR count). The van der Waals surface area contributed by atoms with Crippen LogP contribution >= 0.6 is 11.3 Å². The fourth-order valence-electron chi connectivity index (χ4n) is 1.95. The predicted molar refractivity (Wildman–Crippen MR) is 79.5 cm³/mol. The first-order chi connectivity index (χ1) is 9.65. The monoisotopic (exact) mass is 290 g/mol. The van der Waals surface area contributed by atoms with Crippen molar-refractivity contribution < 1.29 is 9.72 Å². The molecule has 0 aliphatic rings. The van der Waals surface area contributed by atoms with Gasteiger partial charge in [0, 0.05) is 16.5 Å². The van der Waals surface area contributed by atoms with Crippen molar-refractivity contribution in [3.63, 3.8) is 0 Å². The number of nitrogens with zero attached hydrogens (tertiary/aromatic N) is 1. The Morgan fingerprint density at radius 1 is 1.45 bits per heavy atom. The van der Waals surface area contributed by atoms with Crippen molar-refractivity contribution in [1.82, 2.24) is 0 Å². The molecular formula is C14H14N2O3S. The molecule has 1 unspecified atom stereocenters. The quantitative estimate of drug-likeness (QED) is 0.495. The minimum atomic E-state index is -0.476. The van der Waals surface area contributed by atoms with E-state index in [0.29, 0.717) is 17.5 Å². The average molecular weight is 290 g/mol. The van der Waals surface area contributed by atoms with Crippen molar-refractivity contribution in [2.75, 3.05) is 5.32 Å². The van der Waals surface area contributed by atoms with Crippen LogP contribution in [0.3, 0.4) is 0 Å². The topological polar surface area (TPSA) is 72.2 Å². The maximum Gasteiger partial charge on any atom is 0.293 e. The molecule has 1 aromatic heterocycles. The third-order valence-corrected chi connectivity index (χ3v) is 3.97. The van der Waals surface area contributed by atoms with Crippen molar-refractivity contribution >= 4 is 29.0 Å². The maximum atomic E-state index is 11.1. The third kappa shape index (κ3) is 3.03. The van der Waals surface area contributed by atoms with Gasteiger partial charge in [-0.05, 0) is 30.0 Å². The molecule has 5 nitrogen and oxygen atoms in total. The number of anilines is 1. The second kappa shape index (κ2) is 6.29. The van der Waals surface area contributed by atoms with Crippen molar-refractivity contribution in [3.05, 3.63) is 56.3 Å². The molecule has 0 bridgehead atoms. The third-order valence-electron chi connectivity index (χ3n) is 2.98. The van der Waals surface area contributed by atoms with E-state index in [9.17, 15) is 14.9 Å². The Kier molecular flexibility index (Phi) is 4.47. The van der Waals surface area contributed by atoms with E-state index in [0.717, 1.165) is 11.3 Å². The van der Waals surface area contributed by atoms with Crippen LogP contribution in [0.1, 0.15) is 34.6 Å². The minimum absolute atomic E-state index is 0.0239. The smallest absolute Gasteiger partial charge is 0.293 e. The van der Waals surface area contributed by atoms with Crippen molar-refractivity contribution in [2.45, 2.75) is 19.4 Å². The molecule has 20 heavy (non-hydrogen) atoms. The second-order valence-electron chi connectivity index (χ2n) is 4.27. The zero-order chi connectivity index (χ0) is 14.5. The van der Waals surface area contributed by atoms with Gasteiger partial charge in [-0.2, -0.15) is 0 Å². The number of carbonyl (C=O) groups is 1. The lowest BCUT2D eigenvalue weighted by molar-refractivity contribution is -0.384. The summed E-state index contributed by atoms with van der Waals surface area (Å²) in [4.78, 5) is 22.5. The highest BCUT2D eigenvalue weighted by Gasteiger charge is 2.18. The first-order valence-corrected chi connectivity index (χ1v) is 7.07. The van der Waals surface area contributed by atoms with Gasteiger partial charge in [-0.1, -0.05) is 13.0 Å². The highest BCUT2D eigenvalue weighted by molar-refractivity contribution is 7.10. The Bertz CT molecular complexity index is 611. The number of nitro benzene ring substituents is 1. The van der Waals surface area contributed by atoms with Crippen molar-refractivity contribution in [3.8, 4) is 0 Å². The number of thiophene rings is 1. The van der Waals surface area contributed by atoms with Crippen LogP contribution in [0.15, 0.2) is 35.7 Å². The van der Waals surface area contributed by atoms with E-state index in [-0.39, 0.29) is 11.7 Å². The molecule has 6 heteroatoms. The minimum Gasteiger partial charge on any atom is -0.372 e. The van der Waals surface area contributed by atoms with Gasteiger partial charge in [0.1, 0.15) is 12.0 Å². The Balaban J connectivity index is 2.32. The van der Waals surface area contributed by atoms with Crippen LogP contribution in [-0.4, -0.2) is 11.2 Å². The number of rotatable bonds is 6. The number of nitro groups is 1. The summed E-state index contributed by atoms with van der Waals surface area (Å²) >= 11 is 1.61. The molecule has 1 aromatic carbocycles. The zero-order valence-electron chi connectivity index (χ0n) is 10.9. The number of carbonyl (C=O) groups excluding carboxylic acids is 1. The lowest BCUT2D eigenvalue weighted by Gasteiger charge is -2.17. The molecule has 1 heterocycles. The molecular weight excluding hydrogens is 276 g/mol. The zero-order valence-corrected chi connectivity index (χ0v) is 11.7. The molecule has 2 aromatic rings. The molecule has 0 fully saturated rings. The van der Waals surface area contributed by atoms with Crippen LogP contribution in [0.5, 0.6) is 0 Å². The van der Waals surface area contributed by atoms with E-state index in [1.54, 1.807) is 23.5 Å². The van der Waals surface area contributed by atoms with Crippen LogP contribution in [0, 0.1) is 10.1 Å². The van der Waals surface area contributed by atoms with Crippen molar-refractivity contribution in [2.24, 2.45) is 0 Å². The number of aldehydes is 1. The Morgan fingerprint density at radius 2 is 2.25 bits per heavy atom. The van der Waals surface area contributed by atoms with E-state index in [2.05, 4.69) is 5.32 Å². The van der Waals surface area contributed by atoms with Gasteiger partial charge in [-0.15, -0.1) is 11.3 Å². The number of benzene rings is 1. The fraction of sp³-hybridized carbons (Fsp3) is 0.214. The van der Waals surface area contributed by atoms with Crippen LogP contribution in [0.2, 0.25) is 0 Å². The molecule has 0 saturated carbocycles. The van der Waals surface area contributed by atoms with Crippen LogP contribution in [0.25, 0.3) is 0 Å². The van der Waals surface area contributed by atoms with Gasteiger partial charge in [0.25, 0.3) is 5.69 Å². The lowest BCUT2D eigenvalue weighted by atomic mass is 10.1. The van der Waals surface area contributed by atoms with Gasteiger partial charge in [-0.3, -0.25) is 14.9 Å². The second-order valence-corrected chi connectivity index (χ2v) is 5.25. The maximum absolute atomic E-state index is 11.1. The van der Waals surface area contributed by atoms with Crippen molar-refractivity contribution in [1.29, 1.82) is 0 Å². The molecule has 1 atom stereocenters. The van der Waals surface area contributed by atoms with Gasteiger partial charge in [-0.25, -0.2) is 0 Å². The van der Waals surface area contributed by atoms with Gasteiger partial charge >= 0.3 is 0 Å². The molecule has 0 aliphatic heterocycles. The summed E-state index contributed by atoms with van der Waals surface area (Å²) in [5.74, 6) is 0. The fourth-order valence-corrected chi connectivity index (χ4v) is 2.81. The van der Waals surface area contributed by atoms with E-state index >= 15 is 0 Å². The largest absolute Gasteiger partial charge is 0.372 e. The summed E-state index contributed by atoms with van der Waals surface area (Å²) in [6, 6.07) is 8.42. The Hall–Kier alpha value is -2.21. The number of hydrogen-bond acceptors (Lipinski definition) is 5. The Labute approximate surface area is 120 Å². The number of hydrogen-bond donors (Lipinski definition) is 1. The summed E-state index contributed by atoms with van der Waals surface area (Å²) in [6.07, 6.45) is 1.42. The molecule has 104 valence electrons. The van der Waals surface area contributed by atoms with Gasteiger partial charge in [0.15, 0.2) is 0 Å². The number of nitrogens with one attached hydrogen (secondary N) is 1. The lowest BCUT2D eigenvalue weighted by Crippen LogP contribution is -2.10. The molecule has 0 amide bonds. The van der Waals surface area contributed by atoms with Crippen LogP contribution in [-0.2, 0) is 0 Å². The normalized spacial score (nSPS) is 11.8. The summed E-state index contributed by atoms with van der Waals surface area (Å²) in [5, 5.41) is 16.3. The van der Waals surface area contributed by atoms with Gasteiger partial charge in [0.05, 0.1) is 11.0 Å². The van der Waals surface area contributed by atoms with Gasteiger partial charge < -0.3 is 5.32 Å². The Morgan fingerprint density at radius 3 is 2.80 bits per heavy atom. The SMILES string of the molecule is CCC(Nc1ccc(C=O)cc1[N+](=O)[O-])c1cccs1. The summed E-state index contributed by atoms with van der Waals surface area (Å²) < 4.78 is 0. The molecule has 0 spiro atoms. The van der Waals surface area contributed by atoms with E-state index in [1.807, 2.05) is 24.4 Å². The summed E-state index contributed by atoms with van der Waals surface area (Å²) in [7, 11) is 0.